The zero-order valence-electron chi connectivity index (χ0n) is 15.4. The van der Waals surface area contributed by atoms with Gasteiger partial charge in [0.2, 0.25) is 5.91 Å². The van der Waals surface area contributed by atoms with Crippen LogP contribution in [0, 0.1) is 0 Å². The summed E-state index contributed by atoms with van der Waals surface area (Å²) in [5.41, 5.74) is 2.33. The van der Waals surface area contributed by atoms with Gasteiger partial charge < -0.3 is 10.1 Å². The molecule has 3 aromatic rings. The van der Waals surface area contributed by atoms with Gasteiger partial charge in [-0.1, -0.05) is 56.4 Å². The highest BCUT2D eigenvalue weighted by molar-refractivity contribution is 7.22. The third-order valence-electron chi connectivity index (χ3n) is 4.08. The van der Waals surface area contributed by atoms with Gasteiger partial charge in [-0.3, -0.25) is 4.79 Å². The van der Waals surface area contributed by atoms with Crippen molar-refractivity contribution in [1.29, 1.82) is 0 Å². The second-order valence-corrected chi connectivity index (χ2v) is 8.29. The van der Waals surface area contributed by atoms with Crippen LogP contribution in [0.5, 0.6) is 5.75 Å². The van der Waals surface area contributed by atoms with Crippen LogP contribution in [0.3, 0.4) is 0 Å². The highest BCUT2D eigenvalue weighted by atomic mass is 32.1. The van der Waals surface area contributed by atoms with Gasteiger partial charge in [0.05, 0.1) is 16.8 Å². The van der Waals surface area contributed by atoms with Crippen LogP contribution < -0.4 is 10.1 Å². The summed E-state index contributed by atoms with van der Waals surface area (Å²) in [5, 5.41) is 3.52. The molecule has 5 heteroatoms. The number of fused-ring (bicyclic) bond motifs is 1. The van der Waals surface area contributed by atoms with E-state index in [-0.39, 0.29) is 11.3 Å². The third-order valence-corrected chi connectivity index (χ3v) is 5.03. The number of ether oxygens (including phenoxy) is 1. The van der Waals surface area contributed by atoms with Crippen LogP contribution in [-0.2, 0) is 10.2 Å². The summed E-state index contributed by atoms with van der Waals surface area (Å²) in [6.07, 6.45) is 1.08. The zero-order chi connectivity index (χ0) is 18.6. The average Bonchev–Trinajstić information content (AvgIpc) is 3.00. The summed E-state index contributed by atoms with van der Waals surface area (Å²) in [6.45, 7) is 7.08. The zero-order valence-corrected chi connectivity index (χ0v) is 16.2. The number of hydrogen-bond acceptors (Lipinski definition) is 4. The standard InChI is InChI=1S/C21H24N2O2S/c1-21(2,3)15-10-12-16(13-11-15)25-14-6-9-19(24)23-20-22-17-7-4-5-8-18(17)26-20/h4-5,7-8,10-13H,6,9,14H2,1-3H3,(H,22,23,24). The molecule has 0 aliphatic heterocycles. The van der Waals surface area contributed by atoms with Crippen molar-refractivity contribution in [3.63, 3.8) is 0 Å². The van der Waals surface area contributed by atoms with Gasteiger partial charge in [-0.15, -0.1) is 0 Å². The van der Waals surface area contributed by atoms with Crippen molar-refractivity contribution < 1.29 is 9.53 Å². The summed E-state index contributed by atoms with van der Waals surface area (Å²) in [4.78, 5) is 16.5. The largest absolute Gasteiger partial charge is 0.494 e. The van der Waals surface area contributed by atoms with E-state index < -0.39 is 0 Å². The number of para-hydroxylation sites is 1. The lowest BCUT2D eigenvalue weighted by atomic mass is 9.87. The maximum atomic E-state index is 12.1. The monoisotopic (exact) mass is 368 g/mol. The number of carbonyl (C=O) groups excluding carboxylic acids is 1. The van der Waals surface area contributed by atoms with Gasteiger partial charge in [0.15, 0.2) is 5.13 Å². The van der Waals surface area contributed by atoms with Crippen LogP contribution in [-0.4, -0.2) is 17.5 Å². The number of nitrogens with one attached hydrogen (secondary N) is 1. The first-order valence-electron chi connectivity index (χ1n) is 8.80. The molecule has 26 heavy (non-hydrogen) atoms. The maximum absolute atomic E-state index is 12.1. The van der Waals surface area contributed by atoms with E-state index in [2.05, 4.69) is 43.2 Å². The quantitative estimate of drug-likeness (QED) is 0.593. The lowest BCUT2D eigenvalue weighted by molar-refractivity contribution is -0.116. The molecule has 0 fully saturated rings. The van der Waals surface area contributed by atoms with Crippen LogP contribution in [0.15, 0.2) is 48.5 Å². The Kier molecular flexibility index (Phi) is 5.57. The number of nitrogens with zero attached hydrogens (tertiary/aromatic N) is 1. The molecule has 1 N–H and O–H groups in total. The van der Waals surface area contributed by atoms with Gasteiger partial charge in [-0.05, 0) is 41.7 Å². The SMILES string of the molecule is CC(C)(C)c1ccc(OCCCC(=O)Nc2nc3ccccc3s2)cc1. The summed E-state index contributed by atoms with van der Waals surface area (Å²) in [6, 6.07) is 16.0. The molecule has 2 aromatic carbocycles. The number of benzene rings is 2. The lowest BCUT2D eigenvalue weighted by Crippen LogP contribution is -2.13. The van der Waals surface area contributed by atoms with Gasteiger partial charge in [0.25, 0.3) is 0 Å². The second kappa shape index (κ2) is 7.87. The lowest BCUT2D eigenvalue weighted by Gasteiger charge is -2.19. The Hall–Kier alpha value is -2.40. The van der Waals surface area contributed by atoms with Crippen molar-refractivity contribution in [1.82, 2.24) is 4.98 Å². The predicted molar refractivity (Wildman–Crippen MR) is 108 cm³/mol. The van der Waals surface area contributed by atoms with Crippen molar-refractivity contribution in [3.8, 4) is 5.75 Å². The van der Waals surface area contributed by atoms with Crippen molar-refractivity contribution in [2.45, 2.75) is 39.0 Å². The highest BCUT2D eigenvalue weighted by Gasteiger charge is 2.13. The topological polar surface area (TPSA) is 51.2 Å². The Labute approximate surface area is 158 Å². The molecule has 0 unspecified atom stereocenters. The molecule has 0 aliphatic rings. The Morgan fingerprint density at radius 2 is 1.85 bits per heavy atom. The Bertz CT molecular complexity index is 846. The average molecular weight is 369 g/mol. The Morgan fingerprint density at radius 3 is 2.54 bits per heavy atom. The highest BCUT2D eigenvalue weighted by Crippen LogP contribution is 2.26. The maximum Gasteiger partial charge on any atom is 0.226 e. The number of amides is 1. The van der Waals surface area contributed by atoms with Crippen molar-refractivity contribution >= 4 is 32.6 Å². The Morgan fingerprint density at radius 1 is 1.12 bits per heavy atom. The van der Waals surface area contributed by atoms with Gasteiger partial charge in [0.1, 0.15) is 5.75 Å². The molecule has 0 saturated carbocycles. The minimum Gasteiger partial charge on any atom is -0.494 e. The molecule has 0 aliphatic carbocycles. The first-order chi connectivity index (χ1) is 12.4. The molecule has 1 amide bonds. The van der Waals surface area contributed by atoms with E-state index >= 15 is 0 Å². The van der Waals surface area contributed by atoms with Crippen molar-refractivity contribution in [2.75, 3.05) is 11.9 Å². The molecular formula is C21H24N2O2S. The van der Waals surface area contributed by atoms with Crippen LogP contribution >= 0.6 is 11.3 Å². The molecule has 4 nitrogen and oxygen atoms in total. The molecule has 1 aromatic heterocycles. The molecule has 0 atom stereocenters. The van der Waals surface area contributed by atoms with E-state index in [4.69, 9.17) is 4.74 Å². The van der Waals surface area contributed by atoms with Crippen LogP contribution in [0.25, 0.3) is 10.2 Å². The molecule has 0 saturated heterocycles. The summed E-state index contributed by atoms with van der Waals surface area (Å²) in [5.74, 6) is 0.806. The fourth-order valence-electron chi connectivity index (χ4n) is 2.58. The molecule has 3 rings (SSSR count). The minimum atomic E-state index is -0.0317. The smallest absolute Gasteiger partial charge is 0.226 e. The fourth-order valence-corrected chi connectivity index (χ4v) is 3.46. The van der Waals surface area contributed by atoms with E-state index in [9.17, 15) is 4.79 Å². The van der Waals surface area contributed by atoms with Gasteiger partial charge in [0, 0.05) is 6.42 Å². The van der Waals surface area contributed by atoms with Crippen molar-refractivity contribution in [3.05, 3.63) is 54.1 Å². The number of anilines is 1. The third kappa shape index (κ3) is 4.82. The van der Waals surface area contributed by atoms with Gasteiger partial charge in [-0.2, -0.15) is 0 Å². The molecule has 136 valence electrons. The molecule has 0 spiro atoms. The number of thiazole rings is 1. The fraction of sp³-hybridized carbons (Fsp3) is 0.333. The summed E-state index contributed by atoms with van der Waals surface area (Å²) < 4.78 is 6.80. The number of hydrogen-bond donors (Lipinski definition) is 1. The van der Waals surface area contributed by atoms with Crippen LogP contribution in [0.2, 0.25) is 0 Å². The summed E-state index contributed by atoms with van der Waals surface area (Å²) >= 11 is 1.49. The predicted octanol–water partition coefficient (Wildman–Crippen LogP) is 5.39. The number of aromatic nitrogens is 1. The number of carbonyl (C=O) groups is 1. The van der Waals surface area contributed by atoms with E-state index in [1.54, 1.807) is 0 Å². The van der Waals surface area contributed by atoms with E-state index in [0.717, 1.165) is 16.0 Å². The van der Waals surface area contributed by atoms with Crippen molar-refractivity contribution in [2.24, 2.45) is 0 Å². The van der Waals surface area contributed by atoms with E-state index in [1.807, 2.05) is 36.4 Å². The first-order valence-corrected chi connectivity index (χ1v) is 9.62. The van der Waals surface area contributed by atoms with Gasteiger partial charge >= 0.3 is 0 Å². The molecule has 1 heterocycles. The molecule has 0 radical (unpaired) electrons. The minimum absolute atomic E-state index is 0.0317. The van der Waals surface area contributed by atoms with E-state index in [0.29, 0.717) is 24.6 Å². The van der Waals surface area contributed by atoms with Crippen LogP contribution in [0.4, 0.5) is 5.13 Å². The van der Waals surface area contributed by atoms with E-state index in [1.165, 1.54) is 16.9 Å². The Balaban J connectivity index is 1.42. The first kappa shape index (κ1) is 18.4. The van der Waals surface area contributed by atoms with Crippen LogP contribution in [0.1, 0.15) is 39.2 Å². The molecular weight excluding hydrogens is 344 g/mol. The second-order valence-electron chi connectivity index (χ2n) is 7.26. The summed E-state index contributed by atoms with van der Waals surface area (Å²) in [7, 11) is 0. The normalized spacial score (nSPS) is 11.5. The molecule has 0 bridgehead atoms. The van der Waals surface area contributed by atoms with Gasteiger partial charge in [-0.25, -0.2) is 4.98 Å². The number of rotatable bonds is 6.